The maximum absolute atomic E-state index is 11.9. The van der Waals surface area contributed by atoms with Crippen molar-refractivity contribution in [3.8, 4) is 0 Å². The zero-order valence-corrected chi connectivity index (χ0v) is 12.0. The molecule has 0 aromatic heterocycles. The number of nitrogens with one attached hydrogen (secondary N) is 2. The molecule has 1 fully saturated rings. The van der Waals surface area contributed by atoms with Gasteiger partial charge in [0.25, 0.3) is 0 Å². The molecule has 1 aliphatic carbocycles. The number of carbonyl (C=O) groups is 2. The van der Waals surface area contributed by atoms with E-state index < -0.39 is 5.97 Å². The highest BCUT2D eigenvalue weighted by molar-refractivity contribution is 6.34. The number of hydrogen-bond donors (Lipinski definition) is 3. The summed E-state index contributed by atoms with van der Waals surface area (Å²) < 4.78 is 0. The molecule has 0 unspecified atom stereocenters. The van der Waals surface area contributed by atoms with Crippen LogP contribution in [0.15, 0.2) is 18.2 Å². The molecule has 2 rings (SSSR count). The maximum Gasteiger partial charge on any atom is 0.335 e. The molecule has 0 atom stereocenters. The maximum atomic E-state index is 11.9. The van der Waals surface area contributed by atoms with Crippen LogP contribution in [-0.2, 0) is 0 Å². The molecule has 1 aliphatic rings. The third-order valence-corrected chi connectivity index (χ3v) is 3.90. The average molecular weight is 297 g/mol. The first-order valence-electron chi connectivity index (χ1n) is 6.52. The number of benzene rings is 1. The molecule has 0 aliphatic heterocycles. The third kappa shape index (κ3) is 3.42. The Morgan fingerprint density at radius 1 is 1.30 bits per heavy atom. The Labute approximate surface area is 122 Å². The Morgan fingerprint density at radius 3 is 2.50 bits per heavy atom. The predicted molar refractivity (Wildman–Crippen MR) is 77.4 cm³/mol. The highest BCUT2D eigenvalue weighted by atomic mass is 35.5. The first kappa shape index (κ1) is 14.7. The first-order chi connectivity index (χ1) is 9.39. The molecule has 20 heavy (non-hydrogen) atoms. The van der Waals surface area contributed by atoms with Crippen LogP contribution in [0, 0.1) is 0 Å². The highest BCUT2D eigenvalue weighted by Gasteiger charge is 2.30. The van der Waals surface area contributed by atoms with Gasteiger partial charge in [-0.3, -0.25) is 0 Å². The number of urea groups is 1. The van der Waals surface area contributed by atoms with Gasteiger partial charge in [0, 0.05) is 5.54 Å². The average Bonchev–Trinajstić information content (AvgIpc) is 2.77. The normalized spacial score (nSPS) is 16.7. The number of rotatable bonds is 3. The molecular formula is C14H17ClN2O3. The molecule has 1 saturated carbocycles. The number of hydrogen-bond acceptors (Lipinski definition) is 2. The fraction of sp³-hybridized carbons (Fsp3) is 0.429. The number of aromatic carboxylic acids is 1. The van der Waals surface area contributed by atoms with E-state index in [1.807, 2.05) is 6.92 Å². The van der Waals surface area contributed by atoms with Crippen molar-refractivity contribution < 1.29 is 14.7 Å². The minimum atomic E-state index is -1.05. The molecule has 1 aromatic rings. The SMILES string of the molecule is CC1(NC(=O)Nc2ccc(C(=O)O)cc2Cl)CCCC1. The number of carbonyl (C=O) groups excluding carboxylic acids is 1. The van der Waals surface area contributed by atoms with Crippen molar-refractivity contribution >= 4 is 29.3 Å². The van der Waals surface area contributed by atoms with Crippen LogP contribution < -0.4 is 10.6 Å². The molecule has 0 bridgehead atoms. The molecule has 0 spiro atoms. The molecule has 0 saturated heterocycles. The fourth-order valence-corrected chi connectivity index (χ4v) is 2.69. The van der Waals surface area contributed by atoms with E-state index >= 15 is 0 Å². The van der Waals surface area contributed by atoms with E-state index in [4.69, 9.17) is 16.7 Å². The molecule has 108 valence electrons. The van der Waals surface area contributed by atoms with Crippen molar-refractivity contribution in [2.24, 2.45) is 0 Å². The van der Waals surface area contributed by atoms with E-state index in [0.717, 1.165) is 25.7 Å². The van der Waals surface area contributed by atoms with Crippen molar-refractivity contribution in [2.75, 3.05) is 5.32 Å². The van der Waals surface area contributed by atoms with Crippen LogP contribution in [0.3, 0.4) is 0 Å². The standard InChI is InChI=1S/C14H17ClN2O3/c1-14(6-2-3-7-14)17-13(20)16-11-5-4-9(12(18)19)8-10(11)15/h4-5,8H,2-3,6-7H2,1H3,(H,18,19)(H2,16,17,20). The number of carboxylic acid groups (broad SMARTS) is 1. The molecule has 5 nitrogen and oxygen atoms in total. The van der Waals surface area contributed by atoms with Crippen LogP contribution in [0.2, 0.25) is 5.02 Å². The number of carboxylic acids is 1. The van der Waals surface area contributed by atoms with Gasteiger partial charge in [0.2, 0.25) is 0 Å². The number of amides is 2. The van der Waals surface area contributed by atoms with Crippen molar-refractivity contribution in [1.82, 2.24) is 5.32 Å². The monoisotopic (exact) mass is 296 g/mol. The van der Waals surface area contributed by atoms with Crippen molar-refractivity contribution in [2.45, 2.75) is 38.1 Å². The fourth-order valence-electron chi connectivity index (χ4n) is 2.46. The van der Waals surface area contributed by atoms with E-state index in [9.17, 15) is 9.59 Å². The zero-order chi connectivity index (χ0) is 14.8. The van der Waals surface area contributed by atoms with Crippen LogP contribution >= 0.6 is 11.6 Å². The van der Waals surface area contributed by atoms with Crippen molar-refractivity contribution in [1.29, 1.82) is 0 Å². The molecule has 6 heteroatoms. The minimum absolute atomic E-state index is 0.0868. The summed E-state index contributed by atoms with van der Waals surface area (Å²) in [6.07, 6.45) is 4.16. The molecule has 1 aromatic carbocycles. The quantitative estimate of drug-likeness (QED) is 0.799. The smallest absolute Gasteiger partial charge is 0.335 e. The largest absolute Gasteiger partial charge is 0.478 e. The topological polar surface area (TPSA) is 78.4 Å². The molecule has 0 heterocycles. The summed E-state index contributed by atoms with van der Waals surface area (Å²) in [6.45, 7) is 2.02. The van der Waals surface area contributed by atoms with Gasteiger partial charge >= 0.3 is 12.0 Å². The number of halogens is 1. The Hall–Kier alpha value is -1.75. The van der Waals surface area contributed by atoms with Crippen LogP contribution in [0.1, 0.15) is 43.0 Å². The summed E-state index contributed by atoms with van der Waals surface area (Å²) in [5, 5.41) is 14.6. The van der Waals surface area contributed by atoms with Crippen molar-refractivity contribution in [3.63, 3.8) is 0 Å². The van der Waals surface area contributed by atoms with Gasteiger partial charge in [-0.05, 0) is 38.0 Å². The number of anilines is 1. The lowest BCUT2D eigenvalue weighted by atomic mass is 10.0. The summed E-state index contributed by atoms with van der Waals surface area (Å²) in [4.78, 5) is 22.7. The summed E-state index contributed by atoms with van der Waals surface area (Å²) in [7, 11) is 0. The van der Waals surface area contributed by atoms with E-state index in [0.29, 0.717) is 5.69 Å². The van der Waals surface area contributed by atoms with Crippen LogP contribution in [-0.4, -0.2) is 22.6 Å². The lowest BCUT2D eigenvalue weighted by molar-refractivity contribution is 0.0697. The van der Waals surface area contributed by atoms with Gasteiger partial charge in [0.05, 0.1) is 16.3 Å². The molecule has 0 radical (unpaired) electrons. The van der Waals surface area contributed by atoms with Gasteiger partial charge in [-0.1, -0.05) is 24.4 Å². The molecule has 3 N–H and O–H groups in total. The van der Waals surface area contributed by atoms with E-state index in [1.165, 1.54) is 18.2 Å². The Morgan fingerprint density at radius 2 is 1.95 bits per heavy atom. The predicted octanol–water partition coefficient (Wildman–Crippen LogP) is 3.49. The summed E-state index contributed by atoms with van der Waals surface area (Å²) >= 11 is 5.96. The minimum Gasteiger partial charge on any atom is -0.478 e. The van der Waals surface area contributed by atoms with Crippen LogP contribution in [0.5, 0.6) is 0 Å². The second-order valence-electron chi connectivity index (χ2n) is 5.35. The highest BCUT2D eigenvalue weighted by Crippen LogP contribution is 2.29. The zero-order valence-electron chi connectivity index (χ0n) is 11.2. The second-order valence-corrected chi connectivity index (χ2v) is 5.75. The van der Waals surface area contributed by atoms with Crippen LogP contribution in [0.4, 0.5) is 10.5 Å². The Bertz CT molecular complexity index is 539. The lowest BCUT2D eigenvalue weighted by Gasteiger charge is -2.25. The Balaban J connectivity index is 2.02. The summed E-state index contributed by atoms with van der Waals surface area (Å²) in [5.74, 6) is -1.05. The summed E-state index contributed by atoms with van der Waals surface area (Å²) in [6, 6.07) is 3.89. The molecule has 2 amide bonds. The van der Waals surface area contributed by atoms with E-state index in [-0.39, 0.29) is 22.2 Å². The van der Waals surface area contributed by atoms with Gasteiger partial charge in [-0.25, -0.2) is 9.59 Å². The van der Waals surface area contributed by atoms with Gasteiger partial charge in [-0.2, -0.15) is 0 Å². The third-order valence-electron chi connectivity index (χ3n) is 3.59. The van der Waals surface area contributed by atoms with Crippen LogP contribution in [0.25, 0.3) is 0 Å². The summed E-state index contributed by atoms with van der Waals surface area (Å²) in [5.41, 5.74) is 0.317. The van der Waals surface area contributed by atoms with E-state index in [1.54, 1.807) is 0 Å². The first-order valence-corrected chi connectivity index (χ1v) is 6.89. The van der Waals surface area contributed by atoms with Gasteiger partial charge in [0.1, 0.15) is 0 Å². The molecular weight excluding hydrogens is 280 g/mol. The van der Waals surface area contributed by atoms with Gasteiger partial charge in [0.15, 0.2) is 0 Å². The van der Waals surface area contributed by atoms with E-state index in [2.05, 4.69) is 10.6 Å². The lowest BCUT2D eigenvalue weighted by Crippen LogP contribution is -2.45. The Kier molecular flexibility index (Phi) is 4.18. The van der Waals surface area contributed by atoms with Crippen molar-refractivity contribution in [3.05, 3.63) is 28.8 Å². The van der Waals surface area contributed by atoms with Gasteiger partial charge < -0.3 is 15.7 Å². The second kappa shape index (κ2) is 5.71. The van der Waals surface area contributed by atoms with Gasteiger partial charge in [-0.15, -0.1) is 0 Å².